The van der Waals surface area contributed by atoms with Crippen molar-refractivity contribution < 1.29 is 9.63 Å². The lowest BCUT2D eigenvalue weighted by Gasteiger charge is -2.12. The van der Waals surface area contributed by atoms with Gasteiger partial charge in [0.15, 0.2) is 5.69 Å². The van der Waals surface area contributed by atoms with Gasteiger partial charge in [0.25, 0.3) is 0 Å². The zero-order chi connectivity index (χ0) is 11.5. The third-order valence-corrected chi connectivity index (χ3v) is 2.43. The lowest BCUT2D eigenvalue weighted by molar-refractivity contribution is 0.141. The van der Waals surface area contributed by atoms with Crippen molar-refractivity contribution >= 4 is 0 Å². The molecule has 2 heterocycles. The first-order chi connectivity index (χ1) is 7.72. The molecule has 2 aromatic heterocycles. The molecular weight excluding hydrogens is 210 g/mol. The number of H-pyrrole nitrogens is 1. The van der Waals surface area contributed by atoms with Crippen molar-refractivity contribution in [3.63, 3.8) is 0 Å². The molecule has 0 amide bonds. The Morgan fingerprint density at radius 1 is 1.56 bits per heavy atom. The van der Waals surface area contributed by atoms with Crippen molar-refractivity contribution in [2.75, 3.05) is 0 Å². The van der Waals surface area contributed by atoms with Crippen LogP contribution in [0.25, 0.3) is 11.5 Å². The van der Waals surface area contributed by atoms with E-state index in [-0.39, 0.29) is 5.92 Å². The van der Waals surface area contributed by atoms with Crippen LogP contribution in [-0.2, 0) is 0 Å². The summed E-state index contributed by atoms with van der Waals surface area (Å²) in [5.74, 6) is 0.659. The van der Waals surface area contributed by atoms with E-state index in [9.17, 15) is 5.11 Å². The summed E-state index contributed by atoms with van der Waals surface area (Å²) in [5, 5.41) is 23.3. The van der Waals surface area contributed by atoms with Gasteiger partial charge in [0, 0.05) is 0 Å². The first-order valence-corrected chi connectivity index (χ1v) is 5.10. The largest absolute Gasteiger partial charge is 0.393 e. The van der Waals surface area contributed by atoms with Crippen LogP contribution in [0.2, 0.25) is 0 Å². The van der Waals surface area contributed by atoms with E-state index in [1.54, 1.807) is 6.92 Å². The van der Waals surface area contributed by atoms with Gasteiger partial charge in [-0.05, 0) is 13.3 Å². The molecule has 2 N–H and O–H groups in total. The van der Waals surface area contributed by atoms with Crippen LogP contribution < -0.4 is 0 Å². The van der Waals surface area contributed by atoms with Gasteiger partial charge >= 0.3 is 0 Å². The first-order valence-electron chi connectivity index (χ1n) is 5.10. The molecule has 2 unspecified atom stereocenters. The lowest BCUT2D eigenvalue weighted by Crippen LogP contribution is -2.13. The predicted molar refractivity (Wildman–Crippen MR) is 54.4 cm³/mol. The molecule has 0 fully saturated rings. The Kier molecular flexibility index (Phi) is 2.95. The second kappa shape index (κ2) is 4.40. The Bertz CT molecular complexity index is 436. The van der Waals surface area contributed by atoms with E-state index in [4.69, 9.17) is 4.52 Å². The Morgan fingerprint density at radius 2 is 2.38 bits per heavy atom. The molecule has 0 spiro atoms. The maximum Gasteiger partial charge on any atom is 0.232 e. The molecule has 0 bridgehead atoms. The number of aliphatic hydroxyl groups excluding tert-OH is 1. The van der Waals surface area contributed by atoms with Crippen LogP contribution in [0.4, 0.5) is 0 Å². The highest BCUT2D eigenvalue weighted by molar-refractivity contribution is 5.44. The number of rotatable bonds is 4. The number of hydrogen-bond acceptors (Lipinski definition) is 6. The van der Waals surface area contributed by atoms with E-state index in [1.165, 1.54) is 6.20 Å². The molecule has 16 heavy (non-hydrogen) atoms. The van der Waals surface area contributed by atoms with Crippen LogP contribution in [0, 0.1) is 0 Å². The lowest BCUT2D eigenvalue weighted by atomic mass is 10.0. The average molecular weight is 223 g/mol. The number of aliphatic hydroxyl groups is 1. The van der Waals surface area contributed by atoms with Crippen LogP contribution in [0.1, 0.15) is 32.1 Å². The monoisotopic (exact) mass is 223 g/mol. The quantitative estimate of drug-likeness (QED) is 0.792. The van der Waals surface area contributed by atoms with Crippen LogP contribution in [0.5, 0.6) is 0 Å². The van der Waals surface area contributed by atoms with Crippen molar-refractivity contribution in [1.29, 1.82) is 0 Å². The summed E-state index contributed by atoms with van der Waals surface area (Å²) in [5.41, 5.74) is 0.524. The molecule has 86 valence electrons. The highest BCUT2D eigenvalue weighted by Gasteiger charge is 2.22. The molecule has 2 atom stereocenters. The Labute approximate surface area is 91.9 Å². The van der Waals surface area contributed by atoms with Crippen LogP contribution in [0.3, 0.4) is 0 Å². The number of nitrogens with one attached hydrogen (secondary N) is 1. The standard InChI is InChI=1S/C9H13N5O2/c1-3-6(5(2)15)9-11-8(13-16-9)7-4-10-14-12-7/h4-6,15H,3H2,1-2H3,(H,10,12,14). The minimum Gasteiger partial charge on any atom is -0.393 e. The predicted octanol–water partition coefficient (Wildman–Crippen LogP) is 0.729. The summed E-state index contributed by atoms with van der Waals surface area (Å²) in [6.07, 6.45) is 1.73. The van der Waals surface area contributed by atoms with Gasteiger partial charge in [-0.15, -0.1) is 0 Å². The molecule has 2 aromatic rings. The third kappa shape index (κ3) is 1.94. The number of aromatic nitrogens is 5. The minimum absolute atomic E-state index is 0.145. The molecule has 7 nitrogen and oxygen atoms in total. The van der Waals surface area contributed by atoms with E-state index in [0.717, 1.165) is 6.42 Å². The summed E-state index contributed by atoms with van der Waals surface area (Å²) in [6.45, 7) is 3.66. The van der Waals surface area contributed by atoms with Gasteiger partial charge in [-0.3, -0.25) is 0 Å². The van der Waals surface area contributed by atoms with Crippen molar-refractivity contribution in [2.24, 2.45) is 0 Å². The number of aromatic amines is 1. The fourth-order valence-electron chi connectivity index (χ4n) is 1.52. The molecule has 0 aliphatic heterocycles. The van der Waals surface area contributed by atoms with E-state index in [2.05, 4.69) is 25.6 Å². The molecule has 0 aliphatic carbocycles. The minimum atomic E-state index is -0.518. The van der Waals surface area contributed by atoms with Crippen LogP contribution >= 0.6 is 0 Å². The highest BCUT2D eigenvalue weighted by Crippen LogP contribution is 2.23. The van der Waals surface area contributed by atoms with Gasteiger partial charge in [0.1, 0.15) is 0 Å². The second-order valence-electron chi connectivity index (χ2n) is 3.57. The van der Waals surface area contributed by atoms with E-state index >= 15 is 0 Å². The SMILES string of the molecule is CCC(c1nc(-c2cn[nH]n2)no1)C(C)O. The molecule has 0 aromatic carbocycles. The van der Waals surface area contributed by atoms with Gasteiger partial charge in [-0.2, -0.15) is 20.4 Å². The van der Waals surface area contributed by atoms with Crippen molar-refractivity contribution in [2.45, 2.75) is 32.3 Å². The van der Waals surface area contributed by atoms with Crippen molar-refractivity contribution in [1.82, 2.24) is 25.6 Å². The zero-order valence-corrected chi connectivity index (χ0v) is 9.08. The maximum absolute atomic E-state index is 9.54. The van der Waals surface area contributed by atoms with Gasteiger partial charge in [-0.1, -0.05) is 12.1 Å². The average Bonchev–Trinajstić information content (AvgIpc) is 2.86. The Balaban J connectivity index is 2.25. The van der Waals surface area contributed by atoms with Gasteiger partial charge < -0.3 is 9.63 Å². The first kappa shape index (κ1) is 10.7. The van der Waals surface area contributed by atoms with Crippen molar-refractivity contribution in [3.05, 3.63) is 12.1 Å². The molecule has 0 aliphatic rings. The molecular formula is C9H13N5O2. The molecule has 0 saturated carbocycles. The number of hydrogen-bond donors (Lipinski definition) is 2. The van der Waals surface area contributed by atoms with Crippen LogP contribution in [-0.4, -0.2) is 36.8 Å². The molecule has 0 saturated heterocycles. The summed E-state index contributed by atoms with van der Waals surface area (Å²) < 4.78 is 5.10. The van der Waals surface area contributed by atoms with Gasteiger partial charge in [-0.25, -0.2) is 0 Å². The topological polar surface area (TPSA) is 101 Å². The summed E-state index contributed by atoms with van der Waals surface area (Å²) in [4.78, 5) is 4.18. The highest BCUT2D eigenvalue weighted by atomic mass is 16.5. The van der Waals surface area contributed by atoms with Gasteiger partial charge in [0.2, 0.25) is 11.7 Å². The molecule has 7 heteroatoms. The van der Waals surface area contributed by atoms with Crippen molar-refractivity contribution in [3.8, 4) is 11.5 Å². The fraction of sp³-hybridized carbons (Fsp3) is 0.556. The van der Waals surface area contributed by atoms with E-state index in [1.807, 2.05) is 6.92 Å². The summed E-state index contributed by atoms with van der Waals surface area (Å²) >= 11 is 0. The fourth-order valence-corrected chi connectivity index (χ4v) is 1.52. The molecule has 0 radical (unpaired) electrons. The third-order valence-electron chi connectivity index (χ3n) is 2.43. The summed E-state index contributed by atoms with van der Waals surface area (Å²) in [6, 6.07) is 0. The Hall–Kier alpha value is -1.76. The smallest absolute Gasteiger partial charge is 0.232 e. The van der Waals surface area contributed by atoms with Gasteiger partial charge in [0.05, 0.1) is 18.2 Å². The number of nitrogens with zero attached hydrogens (tertiary/aromatic N) is 4. The molecule has 2 rings (SSSR count). The van der Waals surface area contributed by atoms with E-state index in [0.29, 0.717) is 17.4 Å². The van der Waals surface area contributed by atoms with E-state index < -0.39 is 6.10 Å². The Morgan fingerprint density at radius 3 is 2.94 bits per heavy atom. The maximum atomic E-state index is 9.54. The summed E-state index contributed by atoms with van der Waals surface area (Å²) in [7, 11) is 0. The second-order valence-corrected chi connectivity index (χ2v) is 3.57. The van der Waals surface area contributed by atoms with Crippen LogP contribution in [0.15, 0.2) is 10.7 Å². The normalized spacial score (nSPS) is 14.9. The zero-order valence-electron chi connectivity index (χ0n) is 9.08.